The predicted molar refractivity (Wildman–Crippen MR) is 118 cm³/mol. The minimum absolute atomic E-state index is 0. The maximum Gasteiger partial charge on any atom is 0.345 e. The van der Waals surface area contributed by atoms with Gasteiger partial charge in [-0.3, -0.25) is 4.79 Å². The van der Waals surface area contributed by atoms with Gasteiger partial charge in [0.1, 0.15) is 5.75 Å². The molecule has 1 N–H and O–H groups in total. The van der Waals surface area contributed by atoms with Gasteiger partial charge in [0.15, 0.2) is 0 Å². The summed E-state index contributed by atoms with van der Waals surface area (Å²) in [5.41, 5.74) is 0.271. The van der Waals surface area contributed by atoms with Crippen LogP contribution in [-0.4, -0.2) is 17.0 Å². The molecule has 0 aromatic heterocycles. The third kappa shape index (κ3) is 15.6. The second-order valence-electron chi connectivity index (χ2n) is 8.01. The number of esters is 2. The molecule has 0 radical (unpaired) electrons. The quantitative estimate of drug-likeness (QED) is 0.112. The number of carbonyl (C=O) groups is 2. The average Bonchev–Trinajstić information content (AvgIpc) is 2.71. The van der Waals surface area contributed by atoms with Crippen molar-refractivity contribution in [3.05, 3.63) is 29.8 Å². The van der Waals surface area contributed by atoms with Crippen molar-refractivity contribution in [2.24, 2.45) is 0 Å². The van der Waals surface area contributed by atoms with Crippen LogP contribution in [-0.2, 0) is 29.0 Å². The SMILES string of the molecule is CCCCCCCCCCCCCCCCCC(=O)OC(=O)c1ccc(O)cc1.[Zn]. The van der Waals surface area contributed by atoms with Crippen molar-refractivity contribution in [3.8, 4) is 5.75 Å². The minimum atomic E-state index is -0.657. The second-order valence-corrected chi connectivity index (χ2v) is 8.01. The monoisotopic (exact) mass is 468 g/mol. The Morgan fingerprint density at radius 3 is 1.53 bits per heavy atom. The van der Waals surface area contributed by atoms with E-state index in [1.54, 1.807) is 0 Å². The van der Waals surface area contributed by atoms with E-state index in [9.17, 15) is 14.7 Å². The van der Waals surface area contributed by atoms with Crippen LogP contribution < -0.4 is 0 Å². The van der Waals surface area contributed by atoms with Crippen LogP contribution in [0.3, 0.4) is 0 Å². The maximum atomic E-state index is 11.8. The molecule has 0 atom stereocenters. The van der Waals surface area contributed by atoms with Gasteiger partial charge in [0.05, 0.1) is 5.56 Å². The van der Waals surface area contributed by atoms with Crippen molar-refractivity contribution in [1.29, 1.82) is 0 Å². The molecule has 0 unspecified atom stereocenters. The van der Waals surface area contributed by atoms with Crippen LogP contribution in [0.5, 0.6) is 5.75 Å². The van der Waals surface area contributed by atoms with E-state index >= 15 is 0 Å². The molecule has 0 saturated heterocycles. The van der Waals surface area contributed by atoms with E-state index in [0.717, 1.165) is 19.3 Å². The summed E-state index contributed by atoms with van der Waals surface area (Å²) in [7, 11) is 0. The molecule has 1 aromatic rings. The Hall–Kier alpha value is -1.22. The number of ether oxygens (including phenoxy) is 1. The van der Waals surface area contributed by atoms with Crippen molar-refractivity contribution < 1.29 is 38.9 Å². The molecule has 0 spiro atoms. The molecule has 0 saturated carbocycles. The smallest absolute Gasteiger partial charge is 0.345 e. The fourth-order valence-electron chi connectivity index (χ4n) is 3.45. The van der Waals surface area contributed by atoms with E-state index in [1.165, 1.54) is 101 Å². The first kappa shape index (κ1) is 28.8. The summed E-state index contributed by atoms with van der Waals surface area (Å²) in [5, 5.41) is 9.20. The molecule has 1 rings (SSSR count). The predicted octanol–water partition coefficient (Wildman–Crippen LogP) is 7.33. The summed E-state index contributed by atoms with van der Waals surface area (Å²) >= 11 is 0. The van der Waals surface area contributed by atoms with E-state index in [-0.39, 0.29) is 37.2 Å². The van der Waals surface area contributed by atoms with Gasteiger partial charge in [0.2, 0.25) is 0 Å². The molecule has 0 bridgehead atoms. The Morgan fingerprint density at radius 1 is 0.700 bits per heavy atom. The largest absolute Gasteiger partial charge is 0.508 e. The van der Waals surface area contributed by atoms with Gasteiger partial charge in [0, 0.05) is 25.9 Å². The summed E-state index contributed by atoms with van der Waals surface area (Å²) in [6.45, 7) is 2.26. The third-order valence-corrected chi connectivity index (χ3v) is 5.29. The van der Waals surface area contributed by atoms with Crippen LogP contribution in [0.2, 0.25) is 0 Å². The average molecular weight is 470 g/mol. The standard InChI is InChI=1S/C25H40O4.Zn/c1-2-3-4-5-6-7-8-9-10-11-12-13-14-15-16-17-24(27)29-25(28)22-18-20-23(26)21-19-22;/h18-21,26H,2-17H2,1H3;. The van der Waals surface area contributed by atoms with Gasteiger partial charge in [-0.05, 0) is 30.7 Å². The molecule has 0 fully saturated rings. The van der Waals surface area contributed by atoms with Crippen molar-refractivity contribution in [1.82, 2.24) is 0 Å². The van der Waals surface area contributed by atoms with E-state index in [4.69, 9.17) is 4.74 Å². The van der Waals surface area contributed by atoms with Gasteiger partial charge in [-0.15, -0.1) is 0 Å². The van der Waals surface area contributed by atoms with E-state index in [1.807, 2.05) is 0 Å². The first-order valence-corrected chi connectivity index (χ1v) is 11.7. The molecule has 1 aromatic carbocycles. The molecule has 0 aliphatic heterocycles. The van der Waals surface area contributed by atoms with Gasteiger partial charge in [-0.2, -0.15) is 0 Å². The fraction of sp³-hybridized carbons (Fsp3) is 0.680. The van der Waals surface area contributed by atoms with E-state index in [2.05, 4.69) is 6.92 Å². The molecule has 0 aliphatic carbocycles. The van der Waals surface area contributed by atoms with Crippen molar-refractivity contribution in [2.45, 2.75) is 110 Å². The number of hydrogen-bond acceptors (Lipinski definition) is 4. The molecule has 4 nitrogen and oxygen atoms in total. The Morgan fingerprint density at radius 2 is 1.10 bits per heavy atom. The number of phenols is 1. The zero-order valence-electron chi connectivity index (χ0n) is 19.0. The van der Waals surface area contributed by atoms with Gasteiger partial charge in [0.25, 0.3) is 0 Å². The molecular formula is C25H40O4Zn. The number of rotatable bonds is 17. The second kappa shape index (κ2) is 19.7. The minimum Gasteiger partial charge on any atom is -0.508 e. The Balaban J connectivity index is 0.00000841. The van der Waals surface area contributed by atoms with Gasteiger partial charge >= 0.3 is 11.9 Å². The van der Waals surface area contributed by atoms with Crippen LogP contribution in [0, 0.1) is 0 Å². The maximum absolute atomic E-state index is 11.8. The fourth-order valence-corrected chi connectivity index (χ4v) is 3.45. The Bertz CT molecular complexity index is 557. The van der Waals surface area contributed by atoms with Gasteiger partial charge in [-0.25, -0.2) is 4.79 Å². The summed E-state index contributed by atoms with van der Waals surface area (Å²) in [4.78, 5) is 23.5. The molecule has 30 heavy (non-hydrogen) atoms. The van der Waals surface area contributed by atoms with Gasteiger partial charge < -0.3 is 9.84 Å². The van der Waals surface area contributed by atoms with E-state index in [0.29, 0.717) is 0 Å². The van der Waals surface area contributed by atoms with Crippen LogP contribution in [0.15, 0.2) is 24.3 Å². The molecule has 5 heteroatoms. The van der Waals surface area contributed by atoms with Gasteiger partial charge in [-0.1, -0.05) is 96.8 Å². The zero-order valence-corrected chi connectivity index (χ0v) is 22.0. The first-order chi connectivity index (χ1) is 14.1. The summed E-state index contributed by atoms with van der Waals surface area (Å²) in [6.07, 6.45) is 19.4. The molecule has 0 aliphatic rings. The van der Waals surface area contributed by atoms with Crippen LogP contribution in [0.4, 0.5) is 0 Å². The zero-order chi connectivity index (χ0) is 21.2. The van der Waals surface area contributed by atoms with Crippen molar-refractivity contribution >= 4 is 11.9 Å². The van der Waals surface area contributed by atoms with Crippen molar-refractivity contribution in [2.75, 3.05) is 0 Å². The third-order valence-electron chi connectivity index (χ3n) is 5.29. The summed E-state index contributed by atoms with van der Waals surface area (Å²) in [5.74, 6) is -1.06. The first-order valence-electron chi connectivity index (χ1n) is 11.7. The Kier molecular flexibility index (Phi) is 18.9. The van der Waals surface area contributed by atoms with Crippen LogP contribution >= 0.6 is 0 Å². The number of carbonyl (C=O) groups excluding carboxylic acids is 2. The molecule has 166 valence electrons. The molecule has 0 amide bonds. The molecule has 0 heterocycles. The van der Waals surface area contributed by atoms with Crippen molar-refractivity contribution in [3.63, 3.8) is 0 Å². The van der Waals surface area contributed by atoms with Crippen LogP contribution in [0.25, 0.3) is 0 Å². The molecular weight excluding hydrogens is 430 g/mol. The Labute approximate surface area is 195 Å². The van der Waals surface area contributed by atoms with E-state index < -0.39 is 11.9 Å². The number of aromatic hydroxyl groups is 1. The number of hydrogen-bond donors (Lipinski definition) is 1. The number of unbranched alkanes of at least 4 members (excludes halogenated alkanes) is 14. The normalized spacial score (nSPS) is 10.4. The summed E-state index contributed by atoms with van der Waals surface area (Å²) < 4.78 is 4.84. The number of phenolic OH excluding ortho intramolecular Hbond substituents is 1. The number of benzene rings is 1. The van der Waals surface area contributed by atoms with Crippen LogP contribution in [0.1, 0.15) is 120 Å². The topological polar surface area (TPSA) is 63.6 Å². The summed E-state index contributed by atoms with van der Waals surface area (Å²) in [6, 6.07) is 5.68.